The maximum atomic E-state index is 6.47. The second-order valence-corrected chi connectivity index (χ2v) is 0. The first-order valence-electron chi connectivity index (χ1n) is 0.169. The smallest absolute Gasteiger partial charge is 1.00 e. The molecule has 0 aliphatic rings. The van der Waals surface area contributed by atoms with Crippen molar-refractivity contribution in [2.45, 2.75) is 0 Å². The molecular weight excluding hydrogens is 131 g/mol. The summed E-state index contributed by atoms with van der Waals surface area (Å²) < 4.78 is 6.47. The fourth-order valence-corrected chi connectivity index (χ4v) is 0. The molecule has 0 aliphatic heterocycles. The maximum Gasteiger partial charge on any atom is 2.00 e. The Hall–Kier alpha value is 2.47. The first-order valence-corrected chi connectivity index (χ1v) is 0.507. The molecule has 0 unspecified atom stereocenters. The van der Waals surface area contributed by atoms with E-state index in [4.69, 9.17) is 4.66 Å². The molecule has 0 fully saturated rings. The molecule has 5 heteroatoms. The molecular formula is H6CaClNaO2. The van der Waals surface area contributed by atoms with E-state index in [0.29, 0.717) is 0 Å². The second kappa shape index (κ2) is 31.7. The molecule has 0 radical (unpaired) electrons. The maximum absolute atomic E-state index is 6.47. The van der Waals surface area contributed by atoms with Crippen molar-refractivity contribution >= 4 is 49.6 Å². The van der Waals surface area contributed by atoms with Gasteiger partial charge in [-0.05, 0) is 0 Å². The summed E-state index contributed by atoms with van der Waals surface area (Å²) >= 11 is 3.64. The molecule has 2 nitrogen and oxygen atoms in total. The van der Waals surface area contributed by atoms with Gasteiger partial charge in [-0.3, -0.25) is 4.66 Å². The predicted octanol–water partition coefficient (Wildman–Crippen LogP) is -3.73. The van der Waals surface area contributed by atoms with Gasteiger partial charge in [-0.1, -0.05) is 0 Å². The van der Waals surface area contributed by atoms with E-state index in [1.165, 1.54) is 0 Å². The van der Waals surface area contributed by atoms with Crippen LogP contribution in [0.1, 0.15) is 4.28 Å². The van der Waals surface area contributed by atoms with E-state index in [9.17, 15) is 0 Å². The van der Waals surface area contributed by atoms with Gasteiger partial charge in [0.25, 0.3) is 0 Å². The van der Waals surface area contributed by atoms with Gasteiger partial charge in [0, 0.05) is 0 Å². The van der Waals surface area contributed by atoms with Crippen LogP contribution in [0, 0.1) is 0 Å². The van der Waals surface area contributed by atoms with Crippen molar-refractivity contribution in [3.05, 3.63) is 0 Å². The van der Waals surface area contributed by atoms with Gasteiger partial charge in [-0.15, -0.1) is 0 Å². The van der Waals surface area contributed by atoms with E-state index < -0.39 is 0 Å². The molecule has 0 saturated carbocycles. The zero-order chi connectivity index (χ0) is 2.00. The van der Waals surface area contributed by atoms with Gasteiger partial charge in [0.1, 0.15) is 0 Å². The van der Waals surface area contributed by atoms with E-state index in [1.807, 2.05) is 0 Å². The fourth-order valence-electron chi connectivity index (χ4n) is 0. The van der Waals surface area contributed by atoms with Gasteiger partial charge >= 0.3 is 67.3 Å². The number of hydrogen-bond acceptors (Lipinski definition) is 1. The van der Waals surface area contributed by atoms with E-state index in [0.717, 1.165) is 0 Å². The molecule has 0 saturated heterocycles. The van der Waals surface area contributed by atoms with Gasteiger partial charge in [0.05, 0.1) is 11.9 Å². The Bertz CT molecular complexity index is 17.2. The van der Waals surface area contributed by atoms with Crippen LogP contribution in [0.4, 0.5) is 0 Å². The molecule has 28 valence electrons. The van der Waals surface area contributed by atoms with Crippen LogP contribution in [-0.4, -0.2) is 47.9 Å². The number of hydrogen-bond donors (Lipinski definition) is 1. The SMILES string of the molecule is O.OCl.[Ca+2].[H-].[H-].[H-].[Na+]. The van der Waals surface area contributed by atoms with Crippen molar-refractivity contribution in [2.75, 3.05) is 0 Å². The third kappa shape index (κ3) is 21.2. The van der Waals surface area contributed by atoms with E-state index in [2.05, 4.69) is 11.9 Å². The van der Waals surface area contributed by atoms with Gasteiger partial charge in [0.15, 0.2) is 0 Å². The van der Waals surface area contributed by atoms with Crippen molar-refractivity contribution in [3.63, 3.8) is 0 Å². The van der Waals surface area contributed by atoms with Crippen LogP contribution >= 0.6 is 11.9 Å². The third-order valence-electron chi connectivity index (χ3n) is 0. The Morgan fingerprint density at radius 2 is 1.40 bits per heavy atom. The first kappa shape index (κ1) is 26.0. The third-order valence-corrected chi connectivity index (χ3v) is 0. The second-order valence-electron chi connectivity index (χ2n) is 0. The molecule has 0 atom stereocenters. The summed E-state index contributed by atoms with van der Waals surface area (Å²) in [4.78, 5) is 0. The molecule has 0 aromatic rings. The number of halogens is 1. The van der Waals surface area contributed by atoms with Gasteiger partial charge in [0.2, 0.25) is 0 Å². The van der Waals surface area contributed by atoms with Gasteiger partial charge < -0.3 is 9.76 Å². The largest absolute Gasteiger partial charge is 2.00 e. The zero-order valence-corrected chi connectivity index (χ0v) is 8.00. The molecule has 0 amide bonds. The fraction of sp³-hybridized carbons (Fsp3) is 0. The Kier molecular flexibility index (Phi) is 165. The van der Waals surface area contributed by atoms with E-state index in [1.54, 1.807) is 0 Å². The molecule has 0 heterocycles. The van der Waals surface area contributed by atoms with E-state index >= 15 is 0 Å². The van der Waals surface area contributed by atoms with Crippen LogP contribution in [-0.2, 0) is 0 Å². The standard InChI is InChI=1S/Ca.ClHO.Na.H2O.3H/c;1-2;;;;;/h;2H;;1H2;;;/q+2;;+1;;3*-1. The summed E-state index contributed by atoms with van der Waals surface area (Å²) in [5, 5.41) is 0. The average molecular weight is 137 g/mol. The summed E-state index contributed by atoms with van der Waals surface area (Å²) in [6.07, 6.45) is 0. The van der Waals surface area contributed by atoms with Crippen molar-refractivity contribution in [1.82, 2.24) is 0 Å². The van der Waals surface area contributed by atoms with Crippen LogP contribution in [0.25, 0.3) is 0 Å². The van der Waals surface area contributed by atoms with Crippen molar-refractivity contribution in [1.29, 1.82) is 0 Å². The average Bonchev–Trinajstić information content (AvgIpc) is 1.00. The summed E-state index contributed by atoms with van der Waals surface area (Å²) in [6, 6.07) is 0. The normalized spacial score (nSPS) is 1.20. The quantitative estimate of drug-likeness (QED) is 0.342. The Balaban J connectivity index is -0.000000000333. The monoisotopic (exact) mass is 136 g/mol. The Morgan fingerprint density at radius 1 is 1.40 bits per heavy atom. The minimum Gasteiger partial charge on any atom is -1.00 e. The van der Waals surface area contributed by atoms with E-state index in [-0.39, 0.29) is 77.1 Å². The van der Waals surface area contributed by atoms with Crippen LogP contribution in [0.3, 0.4) is 0 Å². The molecule has 0 spiro atoms. The van der Waals surface area contributed by atoms with Crippen molar-refractivity contribution in [2.24, 2.45) is 0 Å². The van der Waals surface area contributed by atoms with Crippen molar-refractivity contribution < 1.29 is 44.0 Å². The van der Waals surface area contributed by atoms with Crippen LogP contribution < -0.4 is 29.6 Å². The molecule has 0 bridgehead atoms. The zero-order valence-electron chi connectivity index (χ0n) is 6.03. The number of rotatable bonds is 0. The van der Waals surface area contributed by atoms with Gasteiger partial charge in [-0.2, -0.15) is 0 Å². The summed E-state index contributed by atoms with van der Waals surface area (Å²) in [7, 11) is 0. The molecule has 0 aliphatic carbocycles. The van der Waals surface area contributed by atoms with Crippen molar-refractivity contribution in [3.8, 4) is 0 Å². The Morgan fingerprint density at radius 3 is 1.40 bits per heavy atom. The van der Waals surface area contributed by atoms with Crippen LogP contribution in [0.15, 0.2) is 0 Å². The minimum absolute atomic E-state index is 0. The molecule has 5 heavy (non-hydrogen) atoms. The summed E-state index contributed by atoms with van der Waals surface area (Å²) in [5.41, 5.74) is 0. The first-order chi connectivity index (χ1) is 1.00. The molecule has 0 rings (SSSR count). The van der Waals surface area contributed by atoms with Crippen LogP contribution in [0.2, 0.25) is 0 Å². The molecule has 0 aromatic carbocycles. The summed E-state index contributed by atoms with van der Waals surface area (Å²) in [5.74, 6) is 0. The van der Waals surface area contributed by atoms with Crippen LogP contribution in [0.5, 0.6) is 0 Å². The molecule has 0 aromatic heterocycles. The Labute approximate surface area is 92.1 Å². The minimum atomic E-state index is 0. The predicted molar refractivity (Wildman–Crippen MR) is 20.8 cm³/mol. The summed E-state index contributed by atoms with van der Waals surface area (Å²) in [6.45, 7) is 0. The molecule has 3 N–H and O–H groups in total. The van der Waals surface area contributed by atoms with Gasteiger partial charge in [-0.25, -0.2) is 0 Å². The topological polar surface area (TPSA) is 51.7 Å².